The molecule has 0 radical (unpaired) electrons. The van der Waals surface area contributed by atoms with Crippen molar-refractivity contribution in [1.29, 1.82) is 0 Å². The maximum atomic E-state index is 10.9. The van der Waals surface area contributed by atoms with Crippen LogP contribution in [0.1, 0.15) is 25.0 Å². The highest BCUT2D eigenvalue weighted by molar-refractivity contribution is 6.30. The van der Waals surface area contributed by atoms with Gasteiger partial charge in [-0.05, 0) is 17.7 Å². The molecule has 0 N–H and O–H groups in total. The fourth-order valence-corrected chi connectivity index (χ4v) is 1.41. The molecule has 2 nitrogen and oxygen atoms in total. The lowest BCUT2D eigenvalue weighted by atomic mass is 10.1. The van der Waals surface area contributed by atoms with Gasteiger partial charge in [-0.15, -0.1) is 6.58 Å². The summed E-state index contributed by atoms with van der Waals surface area (Å²) in [5.41, 5.74) is 0.925. The molecule has 0 unspecified atom stereocenters. The number of carbonyl (C=O) groups excluding carboxylic acids is 1. The average molecular weight is 225 g/mol. The van der Waals surface area contributed by atoms with Crippen molar-refractivity contribution >= 4 is 17.6 Å². The van der Waals surface area contributed by atoms with E-state index in [0.717, 1.165) is 5.56 Å². The molecule has 1 aromatic carbocycles. The molecule has 1 atom stereocenters. The van der Waals surface area contributed by atoms with Crippen LogP contribution in [0.5, 0.6) is 0 Å². The lowest BCUT2D eigenvalue weighted by Gasteiger charge is -2.15. The number of halogens is 1. The fourth-order valence-electron chi connectivity index (χ4n) is 1.28. The van der Waals surface area contributed by atoms with Crippen LogP contribution in [0.4, 0.5) is 0 Å². The van der Waals surface area contributed by atoms with Crippen LogP contribution in [0.2, 0.25) is 5.02 Å². The number of rotatable bonds is 4. The van der Waals surface area contributed by atoms with Gasteiger partial charge in [-0.1, -0.05) is 29.8 Å². The van der Waals surface area contributed by atoms with Crippen molar-refractivity contribution < 1.29 is 9.53 Å². The van der Waals surface area contributed by atoms with Crippen LogP contribution in [-0.2, 0) is 9.53 Å². The molecular formula is C12H13ClO2. The van der Waals surface area contributed by atoms with Crippen LogP contribution in [0.15, 0.2) is 36.9 Å². The molecule has 0 fully saturated rings. The van der Waals surface area contributed by atoms with Gasteiger partial charge in [-0.25, -0.2) is 0 Å². The molecule has 0 spiro atoms. The van der Waals surface area contributed by atoms with Gasteiger partial charge >= 0.3 is 5.97 Å². The van der Waals surface area contributed by atoms with Gasteiger partial charge in [0.05, 0.1) is 0 Å². The maximum absolute atomic E-state index is 10.9. The SMILES string of the molecule is C=CC[C@@H](OC(C)=O)c1ccc(Cl)cc1. The molecule has 0 aliphatic carbocycles. The molecule has 0 saturated heterocycles. The van der Waals surface area contributed by atoms with Crippen LogP contribution in [-0.4, -0.2) is 5.97 Å². The molecule has 0 aliphatic heterocycles. The fraction of sp³-hybridized carbons (Fsp3) is 0.250. The number of hydrogen-bond donors (Lipinski definition) is 0. The molecule has 0 aromatic heterocycles. The van der Waals surface area contributed by atoms with E-state index in [4.69, 9.17) is 16.3 Å². The molecule has 80 valence electrons. The normalized spacial score (nSPS) is 11.9. The minimum atomic E-state index is -0.295. The number of hydrogen-bond acceptors (Lipinski definition) is 2. The van der Waals surface area contributed by atoms with Crippen molar-refractivity contribution in [2.24, 2.45) is 0 Å². The number of benzene rings is 1. The first-order chi connectivity index (χ1) is 7.13. The number of esters is 1. The average Bonchev–Trinajstić information content (AvgIpc) is 2.17. The van der Waals surface area contributed by atoms with E-state index in [1.54, 1.807) is 18.2 Å². The second-order valence-corrected chi connectivity index (χ2v) is 3.61. The maximum Gasteiger partial charge on any atom is 0.303 e. The smallest absolute Gasteiger partial charge is 0.303 e. The van der Waals surface area contributed by atoms with E-state index in [1.807, 2.05) is 12.1 Å². The van der Waals surface area contributed by atoms with Crippen molar-refractivity contribution in [2.75, 3.05) is 0 Å². The van der Waals surface area contributed by atoms with Gasteiger partial charge in [0.15, 0.2) is 0 Å². The standard InChI is InChI=1S/C12H13ClO2/c1-3-4-12(15-9(2)14)10-5-7-11(13)8-6-10/h3,5-8,12H,1,4H2,2H3/t12-/m1/s1. The topological polar surface area (TPSA) is 26.3 Å². The summed E-state index contributed by atoms with van der Waals surface area (Å²) in [6.07, 6.45) is 2.06. The summed E-state index contributed by atoms with van der Waals surface area (Å²) in [4.78, 5) is 10.9. The quantitative estimate of drug-likeness (QED) is 0.578. The molecule has 0 heterocycles. The Morgan fingerprint density at radius 1 is 1.53 bits per heavy atom. The summed E-state index contributed by atoms with van der Waals surface area (Å²) in [7, 11) is 0. The van der Waals surface area contributed by atoms with Gasteiger partial charge in [0, 0.05) is 18.4 Å². The molecule has 0 bridgehead atoms. The summed E-state index contributed by atoms with van der Waals surface area (Å²) in [6.45, 7) is 5.03. The van der Waals surface area contributed by atoms with Gasteiger partial charge in [0.1, 0.15) is 6.10 Å². The summed E-state index contributed by atoms with van der Waals surface area (Å²) in [5, 5.41) is 0.666. The largest absolute Gasteiger partial charge is 0.457 e. The van der Waals surface area contributed by atoms with Gasteiger partial charge < -0.3 is 4.74 Å². The summed E-state index contributed by atoms with van der Waals surface area (Å²) in [5.74, 6) is -0.295. The molecule has 0 saturated carbocycles. The van der Waals surface area contributed by atoms with Crippen molar-refractivity contribution in [1.82, 2.24) is 0 Å². The highest BCUT2D eigenvalue weighted by Gasteiger charge is 2.12. The van der Waals surface area contributed by atoms with Crippen molar-refractivity contribution in [3.8, 4) is 0 Å². The summed E-state index contributed by atoms with van der Waals surface area (Å²) < 4.78 is 5.16. The third-order valence-corrected chi connectivity index (χ3v) is 2.18. The lowest BCUT2D eigenvalue weighted by Crippen LogP contribution is -2.07. The Morgan fingerprint density at radius 2 is 2.13 bits per heavy atom. The second-order valence-electron chi connectivity index (χ2n) is 3.17. The molecule has 0 aliphatic rings. The Morgan fingerprint density at radius 3 is 2.60 bits per heavy atom. The Kier molecular flexibility index (Phi) is 4.37. The van der Waals surface area contributed by atoms with E-state index in [0.29, 0.717) is 11.4 Å². The van der Waals surface area contributed by atoms with Crippen molar-refractivity contribution in [3.63, 3.8) is 0 Å². The van der Waals surface area contributed by atoms with Gasteiger partial charge in [-0.2, -0.15) is 0 Å². The van der Waals surface area contributed by atoms with Crippen molar-refractivity contribution in [2.45, 2.75) is 19.4 Å². The Balaban J connectivity index is 2.83. The van der Waals surface area contributed by atoms with Gasteiger partial charge in [0.2, 0.25) is 0 Å². The Labute approximate surface area is 94.5 Å². The monoisotopic (exact) mass is 224 g/mol. The van der Waals surface area contributed by atoms with E-state index in [1.165, 1.54) is 6.92 Å². The lowest BCUT2D eigenvalue weighted by molar-refractivity contribution is -0.146. The second kappa shape index (κ2) is 5.56. The Bertz CT molecular complexity index is 343. The first kappa shape index (κ1) is 11.8. The highest BCUT2D eigenvalue weighted by atomic mass is 35.5. The molecule has 1 rings (SSSR count). The van der Waals surface area contributed by atoms with E-state index in [9.17, 15) is 4.79 Å². The number of carbonyl (C=O) groups is 1. The van der Waals surface area contributed by atoms with E-state index >= 15 is 0 Å². The van der Waals surface area contributed by atoms with Crippen LogP contribution in [0, 0.1) is 0 Å². The van der Waals surface area contributed by atoms with Crippen LogP contribution >= 0.6 is 11.6 Å². The molecule has 0 amide bonds. The van der Waals surface area contributed by atoms with Crippen LogP contribution in [0.3, 0.4) is 0 Å². The molecule has 3 heteroatoms. The minimum absolute atomic E-state index is 0.266. The van der Waals surface area contributed by atoms with E-state index in [2.05, 4.69) is 6.58 Å². The zero-order valence-electron chi connectivity index (χ0n) is 8.57. The summed E-state index contributed by atoms with van der Waals surface area (Å²) >= 11 is 5.77. The zero-order valence-corrected chi connectivity index (χ0v) is 9.33. The number of ether oxygens (including phenoxy) is 1. The minimum Gasteiger partial charge on any atom is -0.457 e. The van der Waals surface area contributed by atoms with E-state index in [-0.39, 0.29) is 12.1 Å². The van der Waals surface area contributed by atoms with E-state index < -0.39 is 0 Å². The van der Waals surface area contributed by atoms with Gasteiger partial charge in [-0.3, -0.25) is 4.79 Å². The molecule has 1 aromatic rings. The predicted octanol–water partition coefficient (Wildman–Crippen LogP) is 3.52. The summed E-state index contributed by atoms with van der Waals surface area (Å²) in [6, 6.07) is 7.24. The molecular weight excluding hydrogens is 212 g/mol. The Hall–Kier alpha value is -1.28. The van der Waals surface area contributed by atoms with Crippen molar-refractivity contribution in [3.05, 3.63) is 47.5 Å². The highest BCUT2D eigenvalue weighted by Crippen LogP contribution is 2.23. The third-order valence-electron chi connectivity index (χ3n) is 1.93. The predicted molar refractivity (Wildman–Crippen MR) is 60.8 cm³/mol. The third kappa shape index (κ3) is 3.76. The first-order valence-corrected chi connectivity index (χ1v) is 5.05. The zero-order chi connectivity index (χ0) is 11.3. The van der Waals surface area contributed by atoms with Crippen LogP contribution in [0.25, 0.3) is 0 Å². The first-order valence-electron chi connectivity index (χ1n) is 4.67. The van der Waals surface area contributed by atoms with Crippen LogP contribution < -0.4 is 0 Å². The van der Waals surface area contributed by atoms with Gasteiger partial charge in [0.25, 0.3) is 0 Å². The molecule has 15 heavy (non-hydrogen) atoms.